The Hall–Kier alpha value is -3.33. The maximum absolute atomic E-state index is 11.5. The SMILES string of the molecule is COC(=O)c1ccc(C#Cc2cc(OC)c(OC)c(OC)c2)cc1O. The summed E-state index contributed by atoms with van der Waals surface area (Å²) >= 11 is 0. The molecule has 0 aliphatic heterocycles. The summed E-state index contributed by atoms with van der Waals surface area (Å²) < 4.78 is 20.4. The first-order valence-electron chi connectivity index (χ1n) is 7.27. The Morgan fingerprint density at radius 3 is 1.96 bits per heavy atom. The molecule has 2 rings (SSSR count). The summed E-state index contributed by atoms with van der Waals surface area (Å²) in [6, 6.07) is 7.92. The highest BCUT2D eigenvalue weighted by molar-refractivity contribution is 5.92. The summed E-state index contributed by atoms with van der Waals surface area (Å²) in [5.74, 6) is 6.54. The number of carbonyl (C=O) groups is 1. The first-order valence-corrected chi connectivity index (χ1v) is 7.27. The molecule has 6 heteroatoms. The van der Waals surface area contributed by atoms with Gasteiger partial charge < -0.3 is 24.1 Å². The zero-order valence-electron chi connectivity index (χ0n) is 14.4. The smallest absolute Gasteiger partial charge is 0.341 e. The molecule has 0 aliphatic carbocycles. The van der Waals surface area contributed by atoms with Crippen LogP contribution in [0.2, 0.25) is 0 Å². The molecule has 0 spiro atoms. The van der Waals surface area contributed by atoms with Crippen LogP contribution in [0.15, 0.2) is 30.3 Å². The number of hydrogen-bond acceptors (Lipinski definition) is 6. The van der Waals surface area contributed by atoms with Gasteiger partial charge in [0.15, 0.2) is 11.5 Å². The van der Waals surface area contributed by atoms with Gasteiger partial charge in [-0.15, -0.1) is 0 Å². The molecule has 0 heterocycles. The first kappa shape index (κ1) is 18.0. The van der Waals surface area contributed by atoms with Crippen LogP contribution in [0.3, 0.4) is 0 Å². The normalized spacial score (nSPS) is 9.60. The molecule has 1 N–H and O–H groups in total. The number of ether oxygens (including phenoxy) is 4. The van der Waals surface area contributed by atoms with Crippen LogP contribution in [0.25, 0.3) is 0 Å². The average molecular weight is 342 g/mol. The molecular formula is C19H18O6. The van der Waals surface area contributed by atoms with E-state index in [2.05, 4.69) is 16.6 Å². The molecule has 0 atom stereocenters. The van der Waals surface area contributed by atoms with Crippen molar-refractivity contribution in [3.63, 3.8) is 0 Å². The van der Waals surface area contributed by atoms with Crippen LogP contribution in [0.4, 0.5) is 0 Å². The highest BCUT2D eigenvalue weighted by Crippen LogP contribution is 2.37. The number of phenolic OH excluding ortho intramolecular Hbond substituents is 1. The van der Waals surface area contributed by atoms with Gasteiger partial charge in [-0.3, -0.25) is 0 Å². The molecule has 2 aromatic rings. The zero-order valence-corrected chi connectivity index (χ0v) is 14.4. The standard InChI is InChI=1S/C19H18O6/c1-22-16-10-13(11-17(23-2)18(16)24-3)6-5-12-7-8-14(15(20)9-12)19(21)25-4/h7-11,20H,1-4H3. The molecule has 0 aliphatic rings. The molecular weight excluding hydrogens is 324 g/mol. The third-order valence-corrected chi connectivity index (χ3v) is 3.42. The molecule has 0 saturated carbocycles. The number of rotatable bonds is 4. The first-order chi connectivity index (χ1) is 12.0. The van der Waals surface area contributed by atoms with E-state index in [1.165, 1.54) is 40.6 Å². The molecule has 0 bridgehead atoms. The Bertz CT molecular complexity index is 820. The number of hydrogen-bond donors (Lipinski definition) is 1. The molecule has 0 radical (unpaired) electrons. The van der Waals surface area contributed by atoms with Crippen molar-refractivity contribution in [2.45, 2.75) is 0 Å². The van der Waals surface area contributed by atoms with E-state index in [0.717, 1.165) is 0 Å². The Labute approximate surface area is 145 Å². The van der Waals surface area contributed by atoms with Gasteiger partial charge in [-0.05, 0) is 30.3 Å². The predicted molar refractivity (Wildman–Crippen MR) is 91.5 cm³/mol. The van der Waals surface area contributed by atoms with Crippen LogP contribution in [-0.4, -0.2) is 39.5 Å². The Balaban J connectivity index is 2.38. The van der Waals surface area contributed by atoms with Crippen LogP contribution in [0.5, 0.6) is 23.0 Å². The van der Waals surface area contributed by atoms with Crippen molar-refractivity contribution < 1.29 is 28.8 Å². The van der Waals surface area contributed by atoms with E-state index in [4.69, 9.17) is 14.2 Å². The third kappa shape index (κ3) is 3.96. The lowest BCUT2D eigenvalue weighted by Gasteiger charge is -2.12. The zero-order chi connectivity index (χ0) is 18.4. The lowest BCUT2D eigenvalue weighted by atomic mass is 10.1. The lowest BCUT2D eigenvalue weighted by Crippen LogP contribution is -2.01. The van der Waals surface area contributed by atoms with Crippen molar-refractivity contribution in [2.75, 3.05) is 28.4 Å². The van der Waals surface area contributed by atoms with Crippen LogP contribution in [0.1, 0.15) is 21.5 Å². The highest BCUT2D eigenvalue weighted by Gasteiger charge is 2.13. The van der Waals surface area contributed by atoms with Gasteiger partial charge in [-0.1, -0.05) is 11.8 Å². The maximum Gasteiger partial charge on any atom is 0.341 e. The van der Waals surface area contributed by atoms with Crippen LogP contribution in [-0.2, 0) is 4.74 Å². The second-order valence-corrected chi connectivity index (χ2v) is 4.89. The van der Waals surface area contributed by atoms with Crippen LogP contribution < -0.4 is 14.2 Å². The Morgan fingerprint density at radius 1 is 0.880 bits per heavy atom. The molecule has 2 aromatic carbocycles. The molecule has 0 fully saturated rings. The van der Waals surface area contributed by atoms with E-state index in [-0.39, 0.29) is 11.3 Å². The molecule has 0 saturated heterocycles. The third-order valence-electron chi connectivity index (χ3n) is 3.42. The van der Waals surface area contributed by atoms with Crippen molar-refractivity contribution >= 4 is 5.97 Å². The minimum atomic E-state index is -0.610. The molecule has 0 amide bonds. The summed E-state index contributed by atoms with van der Waals surface area (Å²) in [6.45, 7) is 0. The van der Waals surface area contributed by atoms with Crippen LogP contribution in [0, 0.1) is 11.8 Å². The van der Waals surface area contributed by atoms with Gasteiger partial charge in [0.2, 0.25) is 5.75 Å². The molecule has 6 nitrogen and oxygen atoms in total. The van der Waals surface area contributed by atoms with Crippen molar-refractivity contribution in [3.05, 3.63) is 47.0 Å². The van der Waals surface area contributed by atoms with Gasteiger partial charge in [0.25, 0.3) is 0 Å². The maximum atomic E-state index is 11.5. The second-order valence-electron chi connectivity index (χ2n) is 4.89. The summed E-state index contributed by atoms with van der Waals surface area (Å²) in [5, 5.41) is 9.90. The minimum absolute atomic E-state index is 0.0841. The predicted octanol–water partition coefficient (Wildman–Crippen LogP) is 2.60. The molecule has 130 valence electrons. The summed E-state index contributed by atoms with van der Waals surface area (Å²) in [5.41, 5.74) is 1.27. The molecule has 25 heavy (non-hydrogen) atoms. The monoisotopic (exact) mass is 342 g/mol. The largest absolute Gasteiger partial charge is 0.507 e. The van der Waals surface area contributed by atoms with Crippen molar-refractivity contribution in [1.29, 1.82) is 0 Å². The van der Waals surface area contributed by atoms with Crippen molar-refractivity contribution in [3.8, 4) is 34.8 Å². The number of phenols is 1. The average Bonchev–Trinajstić information content (AvgIpc) is 2.64. The van der Waals surface area contributed by atoms with Gasteiger partial charge >= 0.3 is 5.97 Å². The second kappa shape index (κ2) is 7.97. The van der Waals surface area contributed by atoms with Gasteiger partial charge in [0, 0.05) is 11.1 Å². The van der Waals surface area contributed by atoms with E-state index in [0.29, 0.717) is 28.4 Å². The van der Waals surface area contributed by atoms with Crippen molar-refractivity contribution in [1.82, 2.24) is 0 Å². The van der Waals surface area contributed by atoms with Crippen LogP contribution >= 0.6 is 0 Å². The summed E-state index contributed by atoms with van der Waals surface area (Å²) in [7, 11) is 5.83. The molecule has 0 unspecified atom stereocenters. The summed E-state index contributed by atoms with van der Waals surface area (Å²) in [4.78, 5) is 11.5. The van der Waals surface area contributed by atoms with Gasteiger partial charge in [-0.25, -0.2) is 4.79 Å². The fraction of sp³-hybridized carbons (Fsp3) is 0.211. The Kier molecular flexibility index (Phi) is 5.75. The number of benzene rings is 2. The van der Waals surface area contributed by atoms with Crippen molar-refractivity contribution in [2.24, 2.45) is 0 Å². The van der Waals surface area contributed by atoms with E-state index in [1.54, 1.807) is 18.2 Å². The van der Waals surface area contributed by atoms with Gasteiger partial charge in [-0.2, -0.15) is 0 Å². The highest BCUT2D eigenvalue weighted by atomic mass is 16.5. The number of esters is 1. The minimum Gasteiger partial charge on any atom is -0.507 e. The summed E-state index contributed by atoms with van der Waals surface area (Å²) in [6.07, 6.45) is 0. The fourth-order valence-corrected chi connectivity index (χ4v) is 2.19. The van der Waals surface area contributed by atoms with E-state index < -0.39 is 5.97 Å². The number of aromatic hydroxyl groups is 1. The quantitative estimate of drug-likeness (QED) is 0.680. The Morgan fingerprint density at radius 2 is 1.48 bits per heavy atom. The number of methoxy groups -OCH3 is 4. The lowest BCUT2D eigenvalue weighted by molar-refractivity contribution is 0.0597. The van der Waals surface area contributed by atoms with Gasteiger partial charge in [0.05, 0.1) is 28.4 Å². The molecule has 0 aromatic heterocycles. The topological polar surface area (TPSA) is 74.2 Å². The van der Waals surface area contributed by atoms with E-state index in [1.807, 2.05) is 0 Å². The fourth-order valence-electron chi connectivity index (χ4n) is 2.19. The van der Waals surface area contributed by atoms with Gasteiger partial charge in [0.1, 0.15) is 11.3 Å². The van der Waals surface area contributed by atoms with E-state index >= 15 is 0 Å². The van der Waals surface area contributed by atoms with E-state index in [9.17, 15) is 9.90 Å². The number of carbonyl (C=O) groups excluding carboxylic acids is 1.